The van der Waals surface area contributed by atoms with E-state index in [1.54, 1.807) is 0 Å². The molecule has 2 unspecified atom stereocenters. The molecule has 3 fully saturated rings. The lowest BCUT2D eigenvalue weighted by Crippen LogP contribution is -2.46. The molecule has 118 valence electrons. The number of amides is 1. The minimum absolute atomic E-state index is 0.234. The molecule has 1 aromatic heterocycles. The summed E-state index contributed by atoms with van der Waals surface area (Å²) in [5.41, 5.74) is 2.20. The monoisotopic (exact) mass is 299 g/mol. The van der Waals surface area contributed by atoms with Gasteiger partial charge in [0.2, 0.25) is 5.91 Å². The van der Waals surface area contributed by atoms with Crippen molar-refractivity contribution in [3.63, 3.8) is 0 Å². The summed E-state index contributed by atoms with van der Waals surface area (Å²) >= 11 is 0. The van der Waals surface area contributed by atoms with Crippen LogP contribution in [0.25, 0.3) is 0 Å². The Labute approximate surface area is 132 Å². The van der Waals surface area contributed by atoms with Crippen molar-refractivity contribution >= 4 is 5.91 Å². The summed E-state index contributed by atoms with van der Waals surface area (Å²) in [5.74, 6) is 2.02. The first-order valence-electron chi connectivity index (χ1n) is 8.63. The van der Waals surface area contributed by atoms with Crippen LogP contribution in [0.5, 0.6) is 0 Å². The van der Waals surface area contributed by atoms with Crippen molar-refractivity contribution in [3.05, 3.63) is 29.6 Å². The molecule has 0 bridgehead atoms. The number of piperidine rings is 1. The van der Waals surface area contributed by atoms with Crippen molar-refractivity contribution in [3.8, 4) is 0 Å². The van der Waals surface area contributed by atoms with Crippen LogP contribution in [0, 0.1) is 24.7 Å². The normalized spacial score (nSPS) is 29.0. The number of aromatic nitrogens is 1. The molecule has 1 saturated carbocycles. The molecule has 0 aromatic carbocycles. The zero-order chi connectivity index (χ0) is 15.1. The SMILES string of the molecule is Cc1cccc(CN2CC3CCN(CC4CC4)C(=O)C3C2)n1. The molecule has 1 aliphatic carbocycles. The fraction of sp³-hybridized carbons (Fsp3) is 0.667. The van der Waals surface area contributed by atoms with Gasteiger partial charge in [-0.25, -0.2) is 0 Å². The van der Waals surface area contributed by atoms with Crippen molar-refractivity contribution in [2.45, 2.75) is 32.7 Å². The molecule has 2 aliphatic heterocycles. The molecule has 2 saturated heterocycles. The zero-order valence-electron chi connectivity index (χ0n) is 13.4. The molecule has 0 radical (unpaired) electrons. The van der Waals surface area contributed by atoms with Crippen LogP contribution < -0.4 is 0 Å². The second-order valence-corrected chi connectivity index (χ2v) is 7.35. The van der Waals surface area contributed by atoms with Crippen LogP contribution in [0.15, 0.2) is 18.2 Å². The van der Waals surface area contributed by atoms with Crippen molar-refractivity contribution < 1.29 is 4.79 Å². The number of hydrogen-bond acceptors (Lipinski definition) is 3. The Balaban J connectivity index is 1.39. The van der Waals surface area contributed by atoms with Crippen LogP contribution in [-0.4, -0.2) is 46.9 Å². The van der Waals surface area contributed by atoms with Gasteiger partial charge in [-0.3, -0.25) is 14.7 Å². The Morgan fingerprint density at radius 3 is 2.86 bits per heavy atom. The summed E-state index contributed by atoms with van der Waals surface area (Å²) in [4.78, 5) is 21.9. The first kappa shape index (κ1) is 14.2. The average molecular weight is 299 g/mol. The van der Waals surface area contributed by atoms with Gasteiger partial charge in [0, 0.05) is 38.4 Å². The number of rotatable bonds is 4. The lowest BCUT2D eigenvalue weighted by atomic mass is 9.88. The van der Waals surface area contributed by atoms with E-state index in [4.69, 9.17) is 0 Å². The van der Waals surface area contributed by atoms with Crippen LogP contribution in [0.2, 0.25) is 0 Å². The Morgan fingerprint density at radius 2 is 2.09 bits per heavy atom. The fourth-order valence-electron chi connectivity index (χ4n) is 4.04. The summed E-state index contributed by atoms with van der Waals surface area (Å²) in [6.45, 7) is 6.88. The number of likely N-dealkylation sites (tertiary alicyclic amines) is 2. The summed E-state index contributed by atoms with van der Waals surface area (Å²) in [5, 5.41) is 0. The third kappa shape index (κ3) is 2.89. The molecule has 2 atom stereocenters. The van der Waals surface area contributed by atoms with Gasteiger partial charge >= 0.3 is 0 Å². The zero-order valence-corrected chi connectivity index (χ0v) is 13.4. The van der Waals surface area contributed by atoms with Gasteiger partial charge in [0.1, 0.15) is 0 Å². The molecule has 1 amide bonds. The third-order valence-electron chi connectivity index (χ3n) is 5.42. The van der Waals surface area contributed by atoms with Crippen LogP contribution in [-0.2, 0) is 11.3 Å². The minimum Gasteiger partial charge on any atom is -0.342 e. The van der Waals surface area contributed by atoms with Crippen molar-refractivity contribution in [1.82, 2.24) is 14.8 Å². The van der Waals surface area contributed by atoms with E-state index in [9.17, 15) is 4.79 Å². The number of nitrogens with zero attached hydrogens (tertiary/aromatic N) is 3. The quantitative estimate of drug-likeness (QED) is 0.854. The number of aryl methyl sites for hydroxylation is 1. The number of carbonyl (C=O) groups excluding carboxylic acids is 1. The molecule has 4 nitrogen and oxygen atoms in total. The molecule has 0 spiro atoms. The second-order valence-electron chi connectivity index (χ2n) is 7.35. The highest BCUT2D eigenvalue weighted by atomic mass is 16.2. The third-order valence-corrected chi connectivity index (χ3v) is 5.42. The Bertz CT molecular complexity index is 569. The van der Waals surface area contributed by atoms with E-state index in [-0.39, 0.29) is 5.92 Å². The van der Waals surface area contributed by atoms with Crippen LogP contribution in [0.3, 0.4) is 0 Å². The molecule has 1 aromatic rings. The van der Waals surface area contributed by atoms with Crippen LogP contribution in [0.4, 0.5) is 0 Å². The first-order chi connectivity index (χ1) is 10.7. The van der Waals surface area contributed by atoms with Crippen LogP contribution >= 0.6 is 0 Å². The predicted octanol–water partition coefficient (Wildman–Crippen LogP) is 2.08. The maximum absolute atomic E-state index is 12.7. The van der Waals surface area contributed by atoms with Gasteiger partial charge in [-0.2, -0.15) is 0 Å². The lowest BCUT2D eigenvalue weighted by Gasteiger charge is -2.34. The van der Waals surface area contributed by atoms with E-state index in [2.05, 4.69) is 26.9 Å². The molecule has 4 rings (SSSR count). The summed E-state index contributed by atoms with van der Waals surface area (Å²) in [7, 11) is 0. The van der Waals surface area contributed by atoms with Crippen molar-refractivity contribution in [2.24, 2.45) is 17.8 Å². The van der Waals surface area contributed by atoms with E-state index in [1.165, 1.54) is 19.3 Å². The predicted molar refractivity (Wildman–Crippen MR) is 85.2 cm³/mol. The fourth-order valence-corrected chi connectivity index (χ4v) is 4.04. The Kier molecular flexibility index (Phi) is 3.65. The van der Waals surface area contributed by atoms with Crippen LogP contribution in [0.1, 0.15) is 30.7 Å². The van der Waals surface area contributed by atoms with Gasteiger partial charge in [-0.05, 0) is 50.2 Å². The molecular weight excluding hydrogens is 274 g/mol. The standard InChI is InChI=1S/C18H25N3O/c1-13-3-2-4-16(19-13)11-20-10-15-7-8-21(9-14-5-6-14)18(22)17(15)12-20/h2-4,14-15,17H,5-12H2,1H3. The van der Waals surface area contributed by atoms with Gasteiger partial charge in [0.05, 0.1) is 11.6 Å². The summed E-state index contributed by atoms with van der Waals surface area (Å²) < 4.78 is 0. The van der Waals surface area contributed by atoms with Gasteiger partial charge in [-0.15, -0.1) is 0 Å². The van der Waals surface area contributed by atoms with Crippen molar-refractivity contribution in [1.29, 1.82) is 0 Å². The van der Waals surface area contributed by atoms with E-state index in [1.807, 2.05) is 13.0 Å². The second kappa shape index (κ2) is 5.65. The summed E-state index contributed by atoms with van der Waals surface area (Å²) in [6, 6.07) is 6.20. The van der Waals surface area contributed by atoms with Gasteiger partial charge in [0.15, 0.2) is 0 Å². The van der Waals surface area contributed by atoms with Crippen molar-refractivity contribution in [2.75, 3.05) is 26.2 Å². The number of pyridine rings is 1. The van der Waals surface area contributed by atoms with E-state index >= 15 is 0 Å². The highest BCUT2D eigenvalue weighted by molar-refractivity contribution is 5.80. The maximum Gasteiger partial charge on any atom is 0.227 e. The van der Waals surface area contributed by atoms with E-state index in [0.717, 1.165) is 50.0 Å². The highest BCUT2D eigenvalue weighted by Gasteiger charge is 2.43. The molecule has 3 heterocycles. The maximum atomic E-state index is 12.7. The molecule has 4 heteroatoms. The number of hydrogen-bond donors (Lipinski definition) is 0. The summed E-state index contributed by atoms with van der Waals surface area (Å²) in [6.07, 6.45) is 3.83. The van der Waals surface area contributed by atoms with E-state index < -0.39 is 0 Å². The molecule has 3 aliphatic rings. The average Bonchev–Trinajstić information content (AvgIpc) is 3.21. The molecule has 22 heavy (non-hydrogen) atoms. The highest BCUT2D eigenvalue weighted by Crippen LogP contribution is 2.36. The minimum atomic E-state index is 0.234. The van der Waals surface area contributed by atoms with Gasteiger partial charge in [-0.1, -0.05) is 6.07 Å². The van der Waals surface area contributed by atoms with Gasteiger partial charge < -0.3 is 4.90 Å². The van der Waals surface area contributed by atoms with E-state index in [0.29, 0.717) is 11.8 Å². The molecule has 0 N–H and O–H groups in total. The lowest BCUT2D eigenvalue weighted by molar-refractivity contribution is -0.139. The number of fused-ring (bicyclic) bond motifs is 1. The molecular formula is C18H25N3O. The smallest absolute Gasteiger partial charge is 0.227 e. The first-order valence-corrected chi connectivity index (χ1v) is 8.63. The Hall–Kier alpha value is -1.42. The number of carbonyl (C=O) groups is 1. The Morgan fingerprint density at radius 1 is 1.23 bits per heavy atom. The van der Waals surface area contributed by atoms with Gasteiger partial charge in [0.25, 0.3) is 0 Å². The topological polar surface area (TPSA) is 36.4 Å². The largest absolute Gasteiger partial charge is 0.342 e.